The lowest BCUT2D eigenvalue weighted by Gasteiger charge is -2.15. The summed E-state index contributed by atoms with van der Waals surface area (Å²) in [7, 11) is 0. The van der Waals surface area contributed by atoms with Crippen LogP contribution >= 0.6 is 0 Å². The van der Waals surface area contributed by atoms with Gasteiger partial charge in [-0.25, -0.2) is 0 Å². The molecular weight excluding hydrogens is 517 g/mol. The summed E-state index contributed by atoms with van der Waals surface area (Å²) in [6, 6.07) is 30.1. The molecule has 0 aliphatic heterocycles. The van der Waals surface area contributed by atoms with Gasteiger partial charge < -0.3 is 19.7 Å². The van der Waals surface area contributed by atoms with E-state index in [2.05, 4.69) is 5.32 Å². The van der Waals surface area contributed by atoms with E-state index in [9.17, 15) is 23.1 Å². The summed E-state index contributed by atoms with van der Waals surface area (Å²) in [5.74, 6) is 0.111. The molecule has 0 aliphatic rings. The molecule has 0 saturated heterocycles. The van der Waals surface area contributed by atoms with Crippen molar-refractivity contribution in [1.29, 1.82) is 0 Å². The van der Waals surface area contributed by atoms with Crippen molar-refractivity contribution in [3.63, 3.8) is 0 Å². The third kappa shape index (κ3) is 6.29. The molecule has 2 N–H and O–H groups in total. The van der Waals surface area contributed by atoms with Gasteiger partial charge in [0.1, 0.15) is 18.2 Å². The van der Waals surface area contributed by atoms with E-state index in [0.29, 0.717) is 41.2 Å². The van der Waals surface area contributed by atoms with E-state index in [0.717, 1.165) is 28.8 Å². The van der Waals surface area contributed by atoms with E-state index in [4.69, 9.17) is 4.74 Å². The van der Waals surface area contributed by atoms with Crippen molar-refractivity contribution in [1.82, 2.24) is 4.57 Å². The smallest absolute Gasteiger partial charge is 0.416 e. The van der Waals surface area contributed by atoms with Crippen LogP contribution in [0.4, 0.5) is 19.0 Å². The van der Waals surface area contributed by atoms with Crippen molar-refractivity contribution in [2.24, 2.45) is 0 Å². The highest BCUT2D eigenvalue weighted by Crippen LogP contribution is 2.35. The van der Waals surface area contributed by atoms with Crippen molar-refractivity contribution in [3.05, 3.63) is 131 Å². The van der Waals surface area contributed by atoms with Crippen LogP contribution in [-0.4, -0.2) is 15.6 Å². The molecule has 4 aromatic carbocycles. The van der Waals surface area contributed by atoms with Crippen LogP contribution < -0.4 is 10.1 Å². The molecule has 1 heterocycles. The Balaban J connectivity index is 1.55. The van der Waals surface area contributed by atoms with E-state index in [1.807, 2.05) is 83.4 Å². The Morgan fingerprint density at radius 2 is 1.50 bits per heavy atom. The average molecular weight is 545 g/mol. The third-order valence-electron chi connectivity index (χ3n) is 6.61. The Morgan fingerprint density at radius 3 is 2.17 bits per heavy atom. The quantitative estimate of drug-likeness (QED) is 0.191. The number of carboxylic acid groups (broad SMARTS) is 1. The molecule has 0 aliphatic carbocycles. The molecule has 0 atom stereocenters. The van der Waals surface area contributed by atoms with Crippen LogP contribution in [0.25, 0.3) is 10.9 Å². The minimum atomic E-state index is -4.46. The number of fused-ring (bicyclic) bond motifs is 1. The molecule has 5 nitrogen and oxygen atoms in total. The maximum atomic E-state index is 13.3. The number of carbonyl (C=O) groups is 1. The van der Waals surface area contributed by atoms with E-state index < -0.39 is 17.7 Å². The summed E-state index contributed by atoms with van der Waals surface area (Å²) in [4.78, 5) is 12.0. The highest BCUT2D eigenvalue weighted by molar-refractivity contribution is 5.94. The van der Waals surface area contributed by atoms with E-state index in [1.54, 1.807) is 6.07 Å². The van der Waals surface area contributed by atoms with Crippen molar-refractivity contribution >= 4 is 22.7 Å². The summed E-state index contributed by atoms with van der Waals surface area (Å²) < 4.78 is 47.9. The number of rotatable bonds is 10. The molecule has 0 bridgehead atoms. The van der Waals surface area contributed by atoms with Crippen molar-refractivity contribution in [2.45, 2.75) is 32.3 Å². The van der Waals surface area contributed by atoms with Crippen LogP contribution in [0.3, 0.4) is 0 Å². The number of halogens is 3. The lowest BCUT2D eigenvalue weighted by molar-refractivity contribution is -0.138. The van der Waals surface area contributed by atoms with Gasteiger partial charge in [-0.2, -0.15) is 13.2 Å². The lowest BCUT2D eigenvalue weighted by atomic mass is 10.1. The van der Waals surface area contributed by atoms with Crippen LogP contribution in [0.1, 0.15) is 27.8 Å². The predicted octanol–water partition coefficient (Wildman–Crippen LogP) is 7.53. The Labute approximate surface area is 229 Å². The molecule has 8 heteroatoms. The van der Waals surface area contributed by atoms with Gasteiger partial charge in [0, 0.05) is 24.0 Å². The van der Waals surface area contributed by atoms with Crippen LogP contribution in [0.15, 0.2) is 103 Å². The van der Waals surface area contributed by atoms with Gasteiger partial charge in [-0.05, 0) is 47.0 Å². The predicted molar refractivity (Wildman–Crippen MR) is 148 cm³/mol. The third-order valence-corrected chi connectivity index (χ3v) is 6.61. The highest BCUT2D eigenvalue weighted by Gasteiger charge is 2.30. The average Bonchev–Trinajstić information content (AvgIpc) is 3.22. The zero-order valence-electron chi connectivity index (χ0n) is 21.5. The second-order valence-electron chi connectivity index (χ2n) is 9.47. The van der Waals surface area contributed by atoms with E-state index in [1.165, 1.54) is 6.07 Å². The molecule has 0 fully saturated rings. The number of aromatic nitrogens is 1. The number of alkyl halides is 3. The number of anilines is 1. The van der Waals surface area contributed by atoms with Crippen molar-refractivity contribution < 1.29 is 27.8 Å². The molecule has 40 heavy (non-hydrogen) atoms. The number of hydrogen-bond donors (Lipinski definition) is 2. The summed E-state index contributed by atoms with van der Waals surface area (Å²) in [5.41, 5.74) is 3.02. The first kappa shape index (κ1) is 26.9. The van der Waals surface area contributed by atoms with Gasteiger partial charge in [-0.1, -0.05) is 72.8 Å². The molecule has 0 unspecified atom stereocenters. The van der Waals surface area contributed by atoms with Gasteiger partial charge in [0.2, 0.25) is 0 Å². The second kappa shape index (κ2) is 11.6. The molecular formula is C32H27F3N2O3. The Morgan fingerprint density at radius 1 is 0.825 bits per heavy atom. The Kier molecular flexibility index (Phi) is 7.77. The molecule has 204 valence electrons. The number of carboxylic acids is 1. The monoisotopic (exact) mass is 544 g/mol. The zero-order valence-corrected chi connectivity index (χ0v) is 21.5. The minimum absolute atomic E-state index is 0.0824. The summed E-state index contributed by atoms with van der Waals surface area (Å²) >= 11 is 0. The van der Waals surface area contributed by atoms with Gasteiger partial charge in [-0.15, -0.1) is 0 Å². The van der Waals surface area contributed by atoms with Gasteiger partial charge in [0.05, 0.1) is 17.5 Å². The van der Waals surface area contributed by atoms with Crippen LogP contribution in [0.5, 0.6) is 5.75 Å². The number of aliphatic carboxylic acids is 1. The minimum Gasteiger partial charge on any atom is -0.489 e. The standard InChI is InChI=1S/C32H27F3N2O3/c33-32(34,35)25-13-7-12-24(16-25)19-36-31-28(18-30(38)39)27-17-26(40-21-23-10-5-2-6-11-23)14-15-29(27)37(31)20-22-8-3-1-4-9-22/h1-17,36H,18-21H2,(H,38,39). The van der Waals surface area contributed by atoms with Gasteiger partial charge >= 0.3 is 12.1 Å². The van der Waals surface area contributed by atoms with Gasteiger partial charge in [0.25, 0.3) is 0 Å². The number of benzene rings is 4. The van der Waals surface area contributed by atoms with Gasteiger partial charge in [0.15, 0.2) is 0 Å². The lowest BCUT2D eigenvalue weighted by Crippen LogP contribution is -2.12. The zero-order chi connectivity index (χ0) is 28.1. The first-order valence-corrected chi connectivity index (χ1v) is 12.8. The topological polar surface area (TPSA) is 63.5 Å². The number of hydrogen-bond acceptors (Lipinski definition) is 3. The van der Waals surface area contributed by atoms with E-state index in [-0.39, 0.29) is 13.0 Å². The van der Waals surface area contributed by atoms with Crippen LogP contribution in [0, 0.1) is 0 Å². The fourth-order valence-corrected chi connectivity index (χ4v) is 4.74. The molecule has 0 saturated carbocycles. The fourth-order valence-electron chi connectivity index (χ4n) is 4.74. The highest BCUT2D eigenvalue weighted by atomic mass is 19.4. The molecule has 5 rings (SSSR count). The number of nitrogens with one attached hydrogen (secondary N) is 1. The molecule has 0 amide bonds. The summed E-state index contributed by atoms with van der Waals surface area (Å²) in [6.45, 7) is 0.872. The molecule has 0 radical (unpaired) electrons. The Hall–Kier alpha value is -4.72. The summed E-state index contributed by atoms with van der Waals surface area (Å²) in [6.07, 6.45) is -4.73. The normalized spacial score (nSPS) is 11.5. The maximum absolute atomic E-state index is 13.3. The Bertz CT molecular complexity index is 1610. The summed E-state index contributed by atoms with van der Waals surface area (Å²) in [5, 5.41) is 13.8. The second-order valence-corrected chi connectivity index (χ2v) is 9.47. The van der Waals surface area contributed by atoms with Crippen molar-refractivity contribution in [3.8, 4) is 5.75 Å². The van der Waals surface area contributed by atoms with Gasteiger partial charge in [-0.3, -0.25) is 4.79 Å². The maximum Gasteiger partial charge on any atom is 0.416 e. The van der Waals surface area contributed by atoms with E-state index >= 15 is 0 Å². The largest absolute Gasteiger partial charge is 0.489 e. The van der Waals surface area contributed by atoms with Crippen LogP contribution in [-0.2, 0) is 37.1 Å². The molecule has 5 aromatic rings. The number of nitrogens with zero attached hydrogens (tertiary/aromatic N) is 1. The van der Waals surface area contributed by atoms with Crippen LogP contribution in [0.2, 0.25) is 0 Å². The van der Waals surface area contributed by atoms with Crippen molar-refractivity contribution in [2.75, 3.05) is 5.32 Å². The first-order chi connectivity index (χ1) is 19.3. The molecule has 1 aromatic heterocycles. The molecule has 0 spiro atoms. The fraction of sp³-hybridized carbons (Fsp3) is 0.156. The first-order valence-electron chi connectivity index (χ1n) is 12.8. The number of ether oxygens (including phenoxy) is 1. The SMILES string of the molecule is O=C(O)Cc1c(NCc2cccc(C(F)(F)F)c2)n(Cc2ccccc2)c2ccc(OCc3ccccc3)cc12.